The molecule has 0 saturated heterocycles. The first-order valence-electron chi connectivity index (χ1n) is 5.52. The number of hydrogen-bond acceptors (Lipinski definition) is 5. The molecule has 18 heavy (non-hydrogen) atoms. The third kappa shape index (κ3) is 3.07. The van der Waals surface area contributed by atoms with Gasteiger partial charge in [-0.15, -0.1) is 11.3 Å². The van der Waals surface area contributed by atoms with Gasteiger partial charge >= 0.3 is 5.97 Å². The average Bonchev–Trinajstić information content (AvgIpc) is 2.95. The summed E-state index contributed by atoms with van der Waals surface area (Å²) < 4.78 is 7.28. The van der Waals surface area contributed by atoms with E-state index in [4.69, 9.17) is 9.84 Å². The molecule has 0 amide bonds. The molecule has 0 aliphatic rings. The van der Waals surface area contributed by atoms with Gasteiger partial charge in [0.15, 0.2) is 5.75 Å². The second-order valence-corrected chi connectivity index (χ2v) is 4.54. The van der Waals surface area contributed by atoms with Crippen LogP contribution in [0.4, 0.5) is 0 Å². The molecule has 0 atom stereocenters. The summed E-state index contributed by atoms with van der Waals surface area (Å²) in [6, 6.07) is 0. The van der Waals surface area contributed by atoms with Gasteiger partial charge in [-0.3, -0.25) is 4.68 Å². The van der Waals surface area contributed by atoms with Crippen molar-refractivity contribution in [2.75, 3.05) is 0 Å². The molecule has 0 unspecified atom stereocenters. The van der Waals surface area contributed by atoms with Crippen molar-refractivity contribution in [1.29, 1.82) is 0 Å². The number of rotatable bonds is 6. The number of carbonyl (C=O) groups is 1. The van der Waals surface area contributed by atoms with Crippen LogP contribution in [0.1, 0.15) is 28.8 Å². The van der Waals surface area contributed by atoms with Gasteiger partial charge in [0.2, 0.25) is 5.01 Å². The summed E-state index contributed by atoms with van der Waals surface area (Å²) >= 11 is 1.09. The standard InChI is InChI=1S/C11H13N3O3S/c1-2-3-14-5-9(4-12-14)17-6-8-7-18-10(13-8)11(15)16/h4-5,7H,2-3,6H2,1H3,(H,15,16). The molecule has 7 heteroatoms. The van der Waals surface area contributed by atoms with Crippen molar-refractivity contribution >= 4 is 17.3 Å². The van der Waals surface area contributed by atoms with E-state index in [2.05, 4.69) is 17.0 Å². The number of thiazole rings is 1. The molecule has 6 nitrogen and oxygen atoms in total. The smallest absolute Gasteiger partial charge is 0.365 e. The Bertz CT molecular complexity index is 535. The highest BCUT2D eigenvalue weighted by Gasteiger charge is 2.09. The van der Waals surface area contributed by atoms with Gasteiger partial charge in [-0.25, -0.2) is 9.78 Å². The first kappa shape index (κ1) is 12.6. The fraction of sp³-hybridized carbons (Fsp3) is 0.364. The predicted molar refractivity (Wildman–Crippen MR) is 65.9 cm³/mol. The van der Waals surface area contributed by atoms with Crippen molar-refractivity contribution in [3.63, 3.8) is 0 Å². The van der Waals surface area contributed by atoms with Gasteiger partial charge in [0.1, 0.15) is 6.61 Å². The van der Waals surface area contributed by atoms with Crippen LogP contribution in [-0.4, -0.2) is 25.8 Å². The van der Waals surface area contributed by atoms with E-state index in [0.29, 0.717) is 11.4 Å². The third-order valence-electron chi connectivity index (χ3n) is 2.18. The van der Waals surface area contributed by atoms with Crippen LogP contribution in [0.5, 0.6) is 5.75 Å². The molecule has 2 aromatic rings. The van der Waals surface area contributed by atoms with Gasteiger partial charge in [0.25, 0.3) is 0 Å². The SMILES string of the molecule is CCCn1cc(OCc2csc(C(=O)O)n2)cn1. The van der Waals surface area contributed by atoms with Crippen LogP contribution in [0.25, 0.3) is 0 Å². The summed E-state index contributed by atoms with van der Waals surface area (Å²) in [6.07, 6.45) is 4.46. The number of aromatic carboxylic acids is 1. The molecule has 2 rings (SSSR count). The molecule has 0 spiro atoms. The molecule has 0 aliphatic carbocycles. The lowest BCUT2D eigenvalue weighted by molar-refractivity contribution is 0.0696. The van der Waals surface area contributed by atoms with E-state index in [9.17, 15) is 4.79 Å². The molecule has 2 aromatic heterocycles. The topological polar surface area (TPSA) is 77.2 Å². The van der Waals surface area contributed by atoms with Crippen molar-refractivity contribution in [1.82, 2.24) is 14.8 Å². The van der Waals surface area contributed by atoms with Crippen LogP contribution >= 0.6 is 11.3 Å². The van der Waals surface area contributed by atoms with Crippen LogP contribution in [-0.2, 0) is 13.2 Å². The summed E-state index contributed by atoms with van der Waals surface area (Å²) in [7, 11) is 0. The van der Waals surface area contributed by atoms with E-state index in [0.717, 1.165) is 24.3 Å². The highest BCUT2D eigenvalue weighted by Crippen LogP contribution is 2.14. The zero-order valence-corrected chi connectivity index (χ0v) is 10.7. The van der Waals surface area contributed by atoms with Crippen molar-refractivity contribution in [3.8, 4) is 5.75 Å². The molecule has 0 aromatic carbocycles. The average molecular weight is 267 g/mol. The normalized spacial score (nSPS) is 10.5. The first-order valence-corrected chi connectivity index (χ1v) is 6.40. The van der Waals surface area contributed by atoms with Crippen molar-refractivity contribution in [2.45, 2.75) is 26.5 Å². The Morgan fingerprint density at radius 1 is 1.61 bits per heavy atom. The second kappa shape index (κ2) is 5.63. The van der Waals surface area contributed by atoms with Crippen molar-refractivity contribution in [3.05, 3.63) is 28.5 Å². The summed E-state index contributed by atoms with van der Waals surface area (Å²) in [4.78, 5) is 14.6. The number of nitrogens with zero attached hydrogens (tertiary/aromatic N) is 3. The first-order chi connectivity index (χ1) is 8.69. The number of hydrogen-bond donors (Lipinski definition) is 1. The number of aromatic nitrogens is 3. The minimum absolute atomic E-state index is 0.0790. The maximum atomic E-state index is 10.7. The van der Waals surface area contributed by atoms with E-state index in [1.165, 1.54) is 0 Å². The largest absolute Gasteiger partial charge is 0.484 e. The van der Waals surface area contributed by atoms with Crippen molar-refractivity contribution in [2.24, 2.45) is 0 Å². The summed E-state index contributed by atoms with van der Waals surface area (Å²) in [6.45, 7) is 3.18. The van der Waals surface area contributed by atoms with Gasteiger partial charge in [0.05, 0.1) is 18.1 Å². The van der Waals surface area contributed by atoms with Crippen LogP contribution in [0.3, 0.4) is 0 Å². The number of carboxylic acid groups (broad SMARTS) is 1. The maximum absolute atomic E-state index is 10.7. The molecule has 2 heterocycles. The Morgan fingerprint density at radius 3 is 3.11 bits per heavy atom. The van der Waals surface area contributed by atoms with Gasteiger partial charge in [0, 0.05) is 11.9 Å². The Morgan fingerprint density at radius 2 is 2.44 bits per heavy atom. The Balaban J connectivity index is 1.91. The van der Waals surface area contributed by atoms with E-state index in [1.807, 2.05) is 6.20 Å². The number of ether oxygens (including phenoxy) is 1. The Kier molecular flexibility index (Phi) is 3.93. The van der Waals surface area contributed by atoms with E-state index >= 15 is 0 Å². The van der Waals surface area contributed by atoms with Crippen LogP contribution in [0, 0.1) is 0 Å². The third-order valence-corrected chi connectivity index (χ3v) is 3.06. The van der Waals surface area contributed by atoms with Crippen molar-refractivity contribution < 1.29 is 14.6 Å². The number of aryl methyl sites for hydroxylation is 1. The quantitative estimate of drug-likeness (QED) is 0.866. The lowest BCUT2D eigenvalue weighted by Crippen LogP contribution is -1.99. The number of carboxylic acids is 1. The summed E-state index contributed by atoms with van der Waals surface area (Å²) in [5.74, 6) is -0.352. The Hall–Kier alpha value is -1.89. The molecule has 0 bridgehead atoms. The fourth-order valence-corrected chi connectivity index (χ4v) is 2.04. The molecular formula is C11H13N3O3S. The lowest BCUT2D eigenvalue weighted by Gasteiger charge is -1.99. The van der Waals surface area contributed by atoms with Crippen LogP contribution in [0.2, 0.25) is 0 Å². The van der Waals surface area contributed by atoms with E-state index in [1.54, 1.807) is 16.3 Å². The molecule has 96 valence electrons. The van der Waals surface area contributed by atoms with Gasteiger partial charge in [-0.05, 0) is 6.42 Å². The lowest BCUT2D eigenvalue weighted by atomic mass is 10.5. The van der Waals surface area contributed by atoms with E-state index in [-0.39, 0.29) is 11.6 Å². The van der Waals surface area contributed by atoms with Gasteiger partial charge in [-0.1, -0.05) is 6.92 Å². The van der Waals surface area contributed by atoms with Crippen LogP contribution in [0.15, 0.2) is 17.8 Å². The van der Waals surface area contributed by atoms with Crippen LogP contribution < -0.4 is 4.74 Å². The molecule has 0 fully saturated rings. The van der Waals surface area contributed by atoms with Gasteiger partial charge in [-0.2, -0.15) is 5.10 Å². The highest BCUT2D eigenvalue weighted by atomic mass is 32.1. The zero-order chi connectivity index (χ0) is 13.0. The summed E-state index contributed by atoms with van der Waals surface area (Å²) in [5, 5.41) is 14.6. The van der Waals surface area contributed by atoms with E-state index < -0.39 is 5.97 Å². The minimum Gasteiger partial charge on any atom is -0.484 e. The minimum atomic E-state index is -1.01. The molecular weight excluding hydrogens is 254 g/mol. The fourth-order valence-electron chi connectivity index (χ4n) is 1.40. The second-order valence-electron chi connectivity index (χ2n) is 3.68. The molecule has 0 radical (unpaired) electrons. The zero-order valence-electron chi connectivity index (χ0n) is 9.87. The molecule has 1 N–H and O–H groups in total. The highest BCUT2D eigenvalue weighted by molar-refractivity contribution is 7.11. The molecule has 0 saturated carbocycles. The predicted octanol–water partition coefficient (Wildman–Crippen LogP) is 2.03. The Labute approximate surface area is 108 Å². The maximum Gasteiger partial charge on any atom is 0.365 e. The van der Waals surface area contributed by atoms with Gasteiger partial charge < -0.3 is 9.84 Å². The monoisotopic (exact) mass is 267 g/mol. The summed E-state index contributed by atoms with van der Waals surface area (Å²) in [5.41, 5.74) is 0.612. The molecule has 0 aliphatic heterocycles.